The van der Waals surface area contributed by atoms with E-state index in [0.29, 0.717) is 12.2 Å². The molecule has 0 aliphatic heterocycles. The van der Waals surface area contributed by atoms with Gasteiger partial charge in [-0.15, -0.1) is 0 Å². The zero-order valence-corrected chi connectivity index (χ0v) is 10.9. The van der Waals surface area contributed by atoms with Gasteiger partial charge in [0, 0.05) is 12.2 Å². The van der Waals surface area contributed by atoms with Crippen LogP contribution in [0, 0.1) is 11.6 Å². The van der Waals surface area contributed by atoms with Gasteiger partial charge in [0.25, 0.3) is 5.91 Å². The minimum Gasteiger partial charge on any atom is -0.322 e. The van der Waals surface area contributed by atoms with E-state index in [1.54, 1.807) is 12.1 Å². The van der Waals surface area contributed by atoms with Gasteiger partial charge in [0.1, 0.15) is 11.6 Å². The second-order valence-corrected chi connectivity index (χ2v) is 4.31. The molecule has 0 fully saturated rings. The molecule has 3 nitrogen and oxygen atoms in total. The summed E-state index contributed by atoms with van der Waals surface area (Å²) in [5, 5.41) is 5.53. The second-order valence-electron chi connectivity index (χ2n) is 4.31. The third-order valence-electron chi connectivity index (χ3n) is 2.77. The first kappa shape index (κ1) is 14.1. The van der Waals surface area contributed by atoms with Crippen LogP contribution >= 0.6 is 0 Å². The predicted octanol–water partition coefficient (Wildman–Crippen LogP) is 2.94. The molecule has 5 heteroatoms. The standard InChI is InChI=1S/C15H14F2N2O/c1-18-9-10-2-5-12(6-3-10)19-15(20)13-8-11(16)4-7-14(13)17/h2-8,18H,9H2,1H3,(H,19,20). The molecule has 0 saturated heterocycles. The van der Waals surface area contributed by atoms with Gasteiger partial charge in [-0.2, -0.15) is 0 Å². The summed E-state index contributed by atoms with van der Waals surface area (Å²) in [6.07, 6.45) is 0. The molecule has 0 bridgehead atoms. The Balaban J connectivity index is 2.13. The van der Waals surface area contributed by atoms with E-state index in [1.165, 1.54) is 0 Å². The van der Waals surface area contributed by atoms with Crippen molar-refractivity contribution in [1.82, 2.24) is 5.32 Å². The van der Waals surface area contributed by atoms with E-state index in [-0.39, 0.29) is 5.56 Å². The molecule has 0 heterocycles. The molecular weight excluding hydrogens is 262 g/mol. The zero-order valence-electron chi connectivity index (χ0n) is 10.9. The molecule has 0 spiro atoms. The molecule has 1 amide bonds. The van der Waals surface area contributed by atoms with Crippen LogP contribution in [-0.2, 0) is 6.54 Å². The molecule has 2 aromatic carbocycles. The lowest BCUT2D eigenvalue weighted by molar-refractivity contribution is 0.102. The SMILES string of the molecule is CNCc1ccc(NC(=O)c2cc(F)ccc2F)cc1. The molecule has 0 aromatic heterocycles. The quantitative estimate of drug-likeness (QED) is 0.901. The number of halogens is 2. The van der Waals surface area contributed by atoms with E-state index in [2.05, 4.69) is 10.6 Å². The number of hydrogen-bond donors (Lipinski definition) is 2. The molecule has 0 saturated carbocycles. The van der Waals surface area contributed by atoms with Crippen molar-refractivity contribution in [3.63, 3.8) is 0 Å². The highest BCUT2D eigenvalue weighted by molar-refractivity contribution is 6.04. The van der Waals surface area contributed by atoms with Crippen molar-refractivity contribution in [1.29, 1.82) is 0 Å². The summed E-state index contributed by atoms with van der Waals surface area (Å²) in [5.41, 5.74) is 1.27. The van der Waals surface area contributed by atoms with Crippen LogP contribution in [0.25, 0.3) is 0 Å². The van der Waals surface area contributed by atoms with Gasteiger partial charge in [-0.25, -0.2) is 8.78 Å². The number of rotatable bonds is 4. The van der Waals surface area contributed by atoms with Crippen molar-refractivity contribution in [2.75, 3.05) is 12.4 Å². The molecule has 0 aliphatic carbocycles. The Morgan fingerprint density at radius 3 is 2.45 bits per heavy atom. The summed E-state index contributed by atoms with van der Waals surface area (Å²) in [6.45, 7) is 0.715. The Hall–Kier alpha value is -2.27. The normalized spacial score (nSPS) is 10.3. The van der Waals surface area contributed by atoms with E-state index >= 15 is 0 Å². The van der Waals surface area contributed by atoms with Crippen LogP contribution in [0.1, 0.15) is 15.9 Å². The summed E-state index contributed by atoms with van der Waals surface area (Å²) in [6, 6.07) is 9.88. The fourth-order valence-electron chi connectivity index (χ4n) is 1.78. The van der Waals surface area contributed by atoms with Gasteiger partial charge in [-0.05, 0) is 42.9 Å². The van der Waals surface area contributed by atoms with Gasteiger partial charge in [0.15, 0.2) is 0 Å². The van der Waals surface area contributed by atoms with E-state index < -0.39 is 17.5 Å². The first-order valence-electron chi connectivity index (χ1n) is 6.10. The zero-order chi connectivity index (χ0) is 14.5. The molecule has 0 unspecified atom stereocenters. The summed E-state index contributed by atoms with van der Waals surface area (Å²) in [5.74, 6) is -2.08. The lowest BCUT2D eigenvalue weighted by Gasteiger charge is -2.07. The average molecular weight is 276 g/mol. The highest BCUT2D eigenvalue weighted by atomic mass is 19.1. The number of amides is 1. The fraction of sp³-hybridized carbons (Fsp3) is 0.133. The van der Waals surface area contributed by atoms with E-state index in [1.807, 2.05) is 19.2 Å². The maximum atomic E-state index is 13.5. The number of hydrogen-bond acceptors (Lipinski definition) is 2. The Morgan fingerprint density at radius 1 is 1.10 bits per heavy atom. The molecular formula is C15H14F2N2O. The molecule has 20 heavy (non-hydrogen) atoms. The van der Waals surface area contributed by atoms with E-state index in [9.17, 15) is 13.6 Å². The monoisotopic (exact) mass is 276 g/mol. The summed E-state index contributed by atoms with van der Waals surface area (Å²) < 4.78 is 26.5. The van der Waals surface area contributed by atoms with Crippen molar-refractivity contribution >= 4 is 11.6 Å². The smallest absolute Gasteiger partial charge is 0.258 e. The maximum Gasteiger partial charge on any atom is 0.258 e. The van der Waals surface area contributed by atoms with Crippen molar-refractivity contribution < 1.29 is 13.6 Å². The largest absolute Gasteiger partial charge is 0.322 e. The number of carbonyl (C=O) groups is 1. The average Bonchev–Trinajstić information content (AvgIpc) is 2.44. The molecule has 2 rings (SSSR count). The Labute approximate surface area is 115 Å². The first-order valence-corrected chi connectivity index (χ1v) is 6.10. The van der Waals surface area contributed by atoms with Gasteiger partial charge in [-0.1, -0.05) is 12.1 Å². The van der Waals surface area contributed by atoms with Crippen LogP contribution in [-0.4, -0.2) is 13.0 Å². The van der Waals surface area contributed by atoms with Crippen LogP contribution in [0.3, 0.4) is 0 Å². The predicted molar refractivity (Wildman–Crippen MR) is 73.5 cm³/mol. The van der Waals surface area contributed by atoms with Crippen LogP contribution in [0.5, 0.6) is 0 Å². The van der Waals surface area contributed by atoms with Gasteiger partial charge in [-0.3, -0.25) is 4.79 Å². The van der Waals surface area contributed by atoms with Crippen molar-refractivity contribution in [2.45, 2.75) is 6.54 Å². The van der Waals surface area contributed by atoms with Crippen LogP contribution in [0.15, 0.2) is 42.5 Å². The van der Waals surface area contributed by atoms with E-state index in [0.717, 1.165) is 23.8 Å². The molecule has 0 radical (unpaired) electrons. The van der Waals surface area contributed by atoms with Gasteiger partial charge in [0.05, 0.1) is 5.56 Å². The Kier molecular flexibility index (Phi) is 4.42. The Morgan fingerprint density at radius 2 is 1.80 bits per heavy atom. The summed E-state index contributed by atoms with van der Waals surface area (Å²) >= 11 is 0. The number of carbonyl (C=O) groups excluding carboxylic acids is 1. The lowest BCUT2D eigenvalue weighted by atomic mass is 10.1. The molecule has 104 valence electrons. The van der Waals surface area contributed by atoms with Crippen molar-refractivity contribution in [3.8, 4) is 0 Å². The lowest BCUT2D eigenvalue weighted by Crippen LogP contribution is -2.14. The third kappa shape index (κ3) is 3.39. The van der Waals surface area contributed by atoms with E-state index in [4.69, 9.17) is 0 Å². The molecule has 2 N–H and O–H groups in total. The summed E-state index contributed by atoms with van der Waals surface area (Å²) in [7, 11) is 1.84. The van der Waals surface area contributed by atoms with Crippen molar-refractivity contribution in [2.24, 2.45) is 0 Å². The van der Waals surface area contributed by atoms with Crippen LogP contribution in [0.2, 0.25) is 0 Å². The minimum atomic E-state index is -0.754. The van der Waals surface area contributed by atoms with Crippen molar-refractivity contribution in [3.05, 3.63) is 65.2 Å². The van der Waals surface area contributed by atoms with Gasteiger partial charge in [0.2, 0.25) is 0 Å². The number of nitrogens with one attached hydrogen (secondary N) is 2. The highest BCUT2D eigenvalue weighted by Gasteiger charge is 2.12. The molecule has 2 aromatic rings. The topological polar surface area (TPSA) is 41.1 Å². The second kappa shape index (κ2) is 6.25. The molecule has 0 atom stereocenters. The third-order valence-corrected chi connectivity index (χ3v) is 2.77. The molecule has 0 aliphatic rings. The first-order chi connectivity index (χ1) is 9.60. The van der Waals surface area contributed by atoms with Gasteiger partial charge >= 0.3 is 0 Å². The number of anilines is 1. The Bertz CT molecular complexity index is 612. The minimum absolute atomic E-state index is 0.315. The highest BCUT2D eigenvalue weighted by Crippen LogP contribution is 2.14. The number of benzene rings is 2. The fourth-order valence-corrected chi connectivity index (χ4v) is 1.78. The van der Waals surface area contributed by atoms with Crippen LogP contribution in [0.4, 0.5) is 14.5 Å². The van der Waals surface area contributed by atoms with Gasteiger partial charge < -0.3 is 10.6 Å². The maximum absolute atomic E-state index is 13.5. The summed E-state index contributed by atoms with van der Waals surface area (Å²) in [4.78, 5) is 11.9. The van der Waals surface area contributed by atoms with Crippen LogP contribution < -0.4 is 10.6 Å².